The Bertz CT molecular complexity index is 2050. The van der Waals surface area contributed by atoms with E-state index in [4.69, 9.17) is 0 Å². The van der Waals surface area contributed by atoms with Crippen molar-refractivity contribution in [3.8, 4) is 0 Å². The Labute approximate surface area is 270 Å². The maximum atomic E-state index is 12.5. The Morgan fingerprint density at radius 2 is 0.896 bits per heavy atom. The first kappa shape index (κ1) is 31.0. The van der Waals surface area contributed by atoms with Crippen LogP contribution < -0.4 is 10.6 Å². The number of aromatic nitrogens is 4. The summed E-state index contributed by atoms with van der Waals surface area (Å²) in [5, 5.41) is 5.38. The number of hydrogen-bond acceptors (Lipinski definition) is 10. The molecule has 6 rings (SSSR count). The number of para-hydroxylation sites is 4. The molecular formula is C34H24N6O8. The maximum absolute atomic E-state index is 12.5. The number of amides is 2. The molecule has 0 atom stereocenters. The third kappa shape index (κ3) is 7.13. The van der Waals surface area contributed by atoms with Gasteiger partial charge in [-0.2, -0.15) is 0 Å². The molecule has 0 aliphatic rings. The standard InChI is InChI=1S/C34H24N6O8/c41-29(17-39-19-35-25-5-1-3-7-27(25)39)37-23-13-9-21(10-14-23)31(43)47-33(45)34(46)48-32(44)22-11-15-24(16-12-22)38-30(42)18-40-20-36-26-6-2-4-8-28(26)40/h1-16,19-20H,17-18H2,(H,37,41)(H,38,42). The quantitative estimate of drug-likeness (QED) is 0.141. The van der Waals surface area contributed by atoms with Crippen LogP contribution in [0.5, 0.6) is 0 Å². The van der Waals surface area contributed by atoms with Gasteiger partial charge in [-0.1, -0.05) is 24.3 Å². The molecule has 2 N–H and O–H groups in total. The van der Waals surface area contributed by atoms with E-state index in [0.29, 0.717) is 11.4 Å². The van der Waals surface area contributed by atoms with Crippen LogP contribution in [0.1, 0.15) is 20.7 Å². The molecule has 0 radical (unpaired) electrons. The second-order valence-corrected chi connectivity index (χ2v) is 10.3. The molecular weight excluding hydrogens is 620 g/mol. The summed E-state index contributed by atoms with van der Waals surface area (Å²) in [5.74, 6) is -6.42. The van der Waals surface area contributed by atoms with Gasteiger partial charge in [0.2, 0.25) is 11.8 Å². The van der Waals surface area contributed by atoms with Crippen molar-refractivity contribution in [3.63, 3.8) is 0 Å². The largest absolute Gasteiger partial charge is 0.425 e. The summed E-state index contributed by atoms with van der Waals surface area (Å²) >= 11 is 0. The average Bonchev–Trinajstić information content (AvgIpc) is 3.69. The molecule has 48 heavy (non-hydrogen) atoms. The summed E-state index contributed by atoms with van der Waals surface area (Å²) in [6.07, 6.45) is 3.12. The number of ether oxygens (including phenoxy) is 2. The molecule has 2 aromatic heterocycles. The Kier molecular flexibility index (Phi) is 8.78. The van der Waals surface area contributed by atoms with Crippen molar-refractivity contribution in [1.82, 2.24) is 19.1 Å². The highest BCUT2D eigenvalue weighted by Gasteiger charge is 2.26. The Balaban J connectivity index is 0.959. The van der Waals surface area contributed by atoms with Gasteiger partial charge in [0.15, 0.2) is 0 Å². The van der Waals surface area contributed by atoms with E-state index in [0.717, 1.165) is 22.1 Å². The molecule has 2 heterocycles. The maximum Gasteiger partial charge on any atom is 0.425 e. The van der Waals surface area contributed by atoms with E-state index < -0.39 is 23.9 Å². The molecule has 238 valence electrons. The molecule has 0 spiro atoms. The number of rotatable bonds is 8. The van der Waals surface area contributed by atoms with E-state index in [1.807, 2.05) is 48.5 Å². The minimum absolute atomic E-state index is 0.00509. The van der Waals surface area contributed by atoms with Crippen molar-refractivity contribution in [1.29, 1.82) is 0 Å². The van der Waals surface area contributed by atoms with Crippen molar-refractivity contribution in [2.24, 2.45) is 0 Å². The first-order valence-corrected chi connectivity index (χ1v) is 14.4. The van der Waals surface area contributed by atoms with Crippen molar-refractivity contribution in [3.05, 3.63) is 121 Å². The van der Waals surface area contributed by atoms with Crippen LogP contribution in [0.4, 0.5) is 11.4 Å². The zero-order valence-electron chi connectivity index (χ0n) is 24.9. The summed E-state index contributed by atoms with van der Waals surface area (Å²) in [4.78, 5) is 82.6. The zero-order valence-corrected chi connectivity index (χ0v) is 24.9. The molecule has 4 aromatic carbocycles. The number of carbonyl (C=O) groups excluding carboxylic acids is 6. The lowest BCUT2D eigenvalue weighted by Crippen LogP contribution is -2.26. The number of nitrogens with zero attached hydrogens (tertiary/aromatic N) is 4. The molecule has 0 unspecified atom stereocenters. The first-order chi connectivity index (χ1) is 23.2. The predicted octanol–water partition coefficient (Wildman–Crippen LogP) is 3.73. The number of nitrogens with one attached hydrogen (secondary N) is 2. The minimum atomic E-state index is -1.70. The van der Waals surface area contributed by atoms with Crippen LogP contribution in [0, 0.1) is 0 Å². The van der Waals surface area contributed by atoms with Crippen molar-refractivity contribution < 1.29 is 38.2 Å². The lowest BCUT2D eigenvalue weighted by molar-refractivity contribution is -0.160. The van der Waals surface area contributed by atoms with Gasteiger partial charge in [-0.3, -0.25) is 9.59 Å². The monoisotopic (exact) mass is 644 g/mol. The average molecular weight is 645 g/mol. The van der Waals surface area contributed by atoms with Gasteiger partial charge >= 0.3 is 23.9 Å². The number of esters is 4. The summed E-state index contributed by atoms with van der Waals surface area (Å²) < 4.78 is 12.5. The van der Waals surface area contributed by atoms with Gasteiger partial charge < -0.3 is 29.2 Å². The predicted molar refractivity (Wildman–Crippen MR) is 170 cm³/mol. The van der Waals surface area contributed by atoms with E-state index in [1.165, 1.54) is 48.5 Å². The van der Waals surface area contributed by atoms with E-state index in [1.54, 1.807) is 21.8 Å². The minimum Gasteiger partial charge on any atom is -0.381 e. The number of fused-ring (bicyclic) bond motifs is 2. The SMILES string of the molecule is O=C(Cn1cnc2ccccc21)Nc1ccc(C(=O)OC(=O)C(=O)OC(=O)c2ccc(NC(=O)Cn3cnc4ccccc43)cc2)cc1. The highest BCUT2D eigenvalue weighted by atomic mass is 16.6. The zero-order chi connectivity index (χ0) is 33.6. The second-order valence-electron chi connectivity index (χ2n) is 10.3. The van der Waals surface area contributed by atoms with Crippen LogP contribution in [0.25, 0.3) is 22.1 Å². The van der Waals surface area contributed by atoms with E-state index >= 15 is 0 Å². The molecule has 14 nitrogen and oxygen atoms in total. The first-order valence-electron chi connectivity index (χ1n) is 14.4. The molecule has 0 aliphatic heterocycles. The fourth-order valence-corrected chi connectivity index (χ4v) is 4.73. The molecule has 0 saturated carbocycles. The third-order valence-corrected chi connectivity index (χ3v) is 7.03. The fraction of sp³-hybridized carbons (Fsp3) is 0.0588. The number of imidazole rings is 2. The van der Waals surface area contributed by atoms with Crippen molar-refractivity contribution >= 4 is 69.1 Å². The lowest BCUT2D eigenvalue weighted by Gasteiger charge is -2.08. The number of benzene rings is 4. The van der Waals surface area contributed by atoms with Gasteiger partial charge in [-0.05, 0) is 72.8 Å². The van der Waals surface area contributed by atoms with E-state index in [9.17, 15) is 28.8 Å². The van der Waals surface area contributed by atoms with Crippen LogP contribution >= 0.6 is 0 Å². The molecule has 0 fully saturated rings. The Morgan fingerprint density at radius 1 is 0.521 bits per heavy atom. The summed E-state index contributed by atoms with van der Waals surface area (Å²) in [7, 11) is 0. The van der Waals surface area contributed by atoms with Gasteiger partial charge in [-0.25, -0.2) is 29.1 Å². The molecule has 0 aliphatic carbocycles. The lowest BCUT2D eigenvalue weighted by atomic mass is 10.2. The molecule has 0 bridgehead atoms. The summed E-state index contributed by atoms with van der Waals surface area (Å²) in [6, 6.07) is 25.5. The Hall–Kier alpha value is -6.96. The number of hydrogen-bond donors (Lipinski definition) is 2. The van der Waals surface area contributed by atoms with Crippen molar-refractivity contribution in [2.45, 2.75) is 13.1 Å². The van der Waals surface area contributed by atoms with Crippen LogP contribution in [-0.4, -0.2) is 54.8 Å². The van der Waals surface area contributed by atoms with Crippen molar-refractivity contribution in [2.75, 3.05) is 10.6 Å². The third-order valence-electron chi connectivity index (χ3n) is 7.03. The fourth-order valence-electron chi connectivity index (χ4n) is 4.73. The number of carbonyl (C=O) groups is 6. The van der Waals surface area contributed by atoms with Crippen LogP contribution in [-0.2, 0) is 41.7 Å². The highest BCUT2D eigenvalue weighted by Crippen LogP contribution is 2.16. The van der Waals surface area contributed by atoms with Gasteiger partial charge in [0.05, 0.1) is 45.8 Å². The highest BCUT2D eigenvalue weighted by molar-refractivity contribution is 6.34. The van der Waals surface area contributed by atoms with Gasteiger partial charge in [0, 0.05) is 11.4 Å². The van der Waals surface area contributed by atoms with Gasteiger partial charge in [0.25, 0.3) is 0 Å². The van der Waals surface area contributed by atoms with Crippen LogP contribution in [0.3, 0.4) is 0 Å². The molecule has 14 heteroatoms. The number of anilines is 2. The molecule has 0 saturated heterocycles. The molecule has 6 aromatic rings. The summed E-state index contributed by atoms with van der Waals surface area (Å²) in [5.41, 5.74) is 3.65. The van der Waals surface area contributed by atoms with Gasteiger partial charge in [0.1, 0.15) is 13.1 Å². The van der Waals surface area contributed by atoms with E-state index in [-0.39, 0.29) is 36.0 Å². The van der Waals surface area contributed by atoms with E-state index in [2.05, 4.69) is 30.1 Å². The van der Waals surface area contributed by atoms with Crippen LogP contribution in [0.2, 0.25) is 0 Å². The topological polar surface area (TPSA) is 181 Å². The summed E-state index contributed by atoms with van der Waals surface area (Å²) in [6.45, 7) is 0.0102. The molecule has 2 amide bonds. The Morgan fingerprint density at radius 3 is 1.29 bits per heavy atom. The second kappa shape index (κ2) is 13.6. The normalized spacial score (nSPS) is 10.8. The smallest absolute Gasteiger partial charge is 0.381 e. The van der Waals surface area contributed by atoms with Crippen LogP contribution in [0.15, 0.2) is 110 Å². The van der Waals surface area contributed by atoms with Gasteiger partial charge in [-0.15, -0.1) is 0 Å².